The van der Waals surface area contributed by atoms with E-state index in [1.807, 2.05) is 12.1 Å². The van der Waals surface area contributed by atoms with Crippen LogP contribution in [0.4, 0.5) is 5.13 Å². The molecule has 1 saturated heterocycles. The number of methoxy groups -OCH3 is 1. The second kappa shape index (κ2) is 6.39. The highest BCUT2D eigenvalue weighted by Gasteiger charge is 2.31. The zero-order valence-corrected chi connectivity index (χ0v) is 14.4. The van der Waals surface area contributed by atoms with E-state index in [-0.39, 0.29) is 11.8 Å². The normalized spacial score (nSPS) is 20.5. The van der Waals surface area contributed by atoms with Crippen molar-refractivity contribution < 1.29 is 9.53 Å². The van der Waals surface area contributed by atoms with E-state index in [0.717, 1.165) is 34.4 Å². The third kappa shape index (κ3) is 2.73. The quantitative estimate of drug-likeness (QED) is 0.925. The zero-order valence-electron chi connectivity index (χ0n) is 13.6. The molecule has 7 heteroatoms. The molecule has 2 aromatic rings. The summed E-state index contributed by atoms with van der Waals surface area (Å²) in [5, 5.41) is 4.04. The van der Waals surface area contributed by atoms with Gasteiger partial charge in [-0.05, 0) is 18.9 Å². The van der Waals surface area contributed by atoms with Crippen molar-refractivity contribution in [1.29, 1.82) is 0 Å². The highest BCUT2D eigenvalue weighted by atomic mass is 32.1. The maximum atomic E-state index is 12.2. The average Bonchev–Trinajstić information content (AvgIpc) is 3.25. The Hall–Kier alpha value is -2.15. The molecule has 1 fully saturated rings. The number of pyridine rings is 1. The zero-order chi connectivity index (χ0) is 16.5. The van der Waals surface area contributed by atoms with Gasteiger partial charge in [-0.1, -0.05) is 6.07 Å². The lowest BCUT2D eigenvalue weighted by Crippen LogP contribution is -2.22. The number of rotatable bonds is 3. The molecule has 0 aromatic carbocycles. The van der Waals surface area contributed by atoms with E-state index in [2.05, 4.69) is 15.2 Å². The maximum Gasteiger partial charge on any atom is 0.221 e. The first-order chi connectivity index (χ1) is 11.8. The molecule has 0 aliphatic carbocycles. The fraction of sp³-hybridized carbons (Fsp3) is 0.471. The first-order valence-electron chi connectivity index (χ1n) is 8.26. The molecule has 0 bridgehead atoms. The summed E-state index contributed by atoms with van der Waals surface area (Å²) in [5.41, 5.74) is 1.93. The van der Waals surface area contributed by atoms with E-state index in [1.165, 1.54) is 12.8 Å². The van der Waals surface area contributed by atoms with Gasteiger partial charge in [-0.15, -0.1) is 11.3 Å². The lowest BCUT2D eigenvalue weighted by atomic mass is 9.94. The highest BCUT2D eigenvalue weighted by Crippen LogP contribution is 2.41. The highest BCUT2D eigenvalue weighted by molar-refractivity contribution is 7.15. The van der Waals surface area contributed by atoms with Crippen molar-refractivity contribution in [3.8, 4) is 5.88 Å². The number of nitrogens with zero attached hydrogens (tertiary/aromatic N) is 3. The molecule has 24 heavy (non-hydrogen) atoms. The number of amides is 1. The fourth-order valence-corrected chi connectivity index (χ4v) is 4.67. The molecule has 2 aromatic heterocycles. The number of anilines is 1. The third-order valence-electron chi connectivity index (χ3n) is 4.62. The Kier molecular flexibility index (Phi) is 4.10. The number of hydrogen-bond acceptors (Lipinski definition) is 6. The summed E-state index contributed by atoms with van der Waals surface area (Å²) in [5.74, 6) is 0.568. The summed E-state index contributed by atoms with van der Waals surface area (Å²) in [4.78, 5) is 24.8. The van der Waals surface area contributed by atoms with Crippen LogP contribution in [0.3, 0.4) is 0 Å². The Balaban J connectivity index is 1.77. The predicted molar refractivity (Wildman–Crippen MR) is 92.7 cm³/mol. The number of carbonyl (C=O) groups is 1. The van der Waals surface area contributed by atoms with Gasteiger partial charge in [0.1, 0.15) is 0 Å². The molecule has 4 rings (SSSR count). The summed E-state index contributed by atoms with van der Waals surface area (Å²) < 4.78 is 5.43. The number of ether oxygens (including phenoxy) is 1. The molecule has 2 aliphatic heterocycles. The second-order valence-corrected chi connectivity index (χ2v) is 7.15. The van der Waals surface area contributed by atoms with Gasteiger partial charge in [0.25, 0.3) is 0 Å². The summed E-state index contributed by atoms with van der Waals surface area (Å²) in [6.45, 7) is 2.64. The van der Waals surface area contributed by atoms with Crippen LogP contribution in [0.5, 0.6) is 5.88 Å². The van der Waals surface area contributed by atoms with Crippen LogP contribution in [-0.2, 0) is 11.3 Å². The van der Waals surface area contributed by atoms with Crippen molar-refractivity contribution in [3.05, 3.63) is 34.5 Å². The number of thiazole rings is 1. The average molecular weight is 344 g/mol. The Morgan fingerprint density at radius 1 is 1.38 bits per heavy atom. The Labute approximate surface area is 144 Å². The van der Waals surface area contributed by atoms with Crippen LogP contribution in [0.15, 0.2) is 18.3 Å². The maximum absolute atomic E-state index is 12.2. The molecule has 0 spiro atoms. The van der Waals surface area contributed by atoms with E-state index in [1.54, 1.807) is 24.6 Å². The molecule has 0 saturated carbocycles. The minimum absolute atomic E-state index is 0.0406. The van der Waals surface area contributed by atoms with Gasteiger partial charge < -0.3 is 15.0 Å². The minimum atomic E-state index is -0.0556. The van der Waals surface area contributed by atoms with E-state index in [0.29, 0.717) is 18.8 Å². The molecule has 1 amide bonds. The van der Waals surface area contributed by atoms with Crippen molar-refractivity contribution in [2.24, 2.45) is 0 Å². The Morgan fingerprint density at radius 2 is 2.21 bits per heavy atom. The van der Waals surface area contributed by atoms with Crippen LogP contribution in [0.1, 0.15) is 41.3 Å². The van der Waals surface area contributed by atoms with E-state index < -0.39 is 0 Å². The van der Waals surface area contributed by atoms with Crippen LogP contribution < -0.4 is 15.0 Å². The number of nitrogens with one attached hydrogen (secondary N) is 1. The molecule has 1 unspecified atom stereocenters. The van der Waals surface area contributed by atoms with E-state index >= 15 is 0 Å². The van der Waals surface area contributed by atoms with E-state index in [9.17, 15) is 4.79 Å². The topological polar surface area (TPSA) is 67.3 Å². The monoisotopic (exact) mass is 344 g/mol. The van der Waals surface area contributed by atoms with Crippen LogP contribution in [0.25, 0.3) is 0 Å². The molecular formula is C17H20N4O2S. The first kappa shape index (κ1) is 15.4. The molecule has 1 atom stereocenters. The van der Waals surface area contributed by atoms with Crippen LogP contribution in [-0.4, -0.2) is 36.1 Å². The van der Waals surface area contributed by atoms with Crippen LogP contribution >= 0.6 is 11.3 Å². The van der Waals surface area contributed by atoms with Gasteiger partial charge in [0.2, 0.25) is 11.8 Å². The van der Waals surface area contributed by atoms with Crippen molar-refractivity contribution in [2.75, 3.05) is 25.1 Å². The SMILES string of the molecule is COc1ncccc1C1CC(=O)NCc2nc(N3CCCC3)sc21. The summed E-state index contributed by atoms with van der Waals surface area (Å²) >= 11 is 1.71. The largest absolute Gasteiger partial charge is 0.481 e. The van der Waals surface area contributed by atoms with Gasteiger partial charge >= 0.3 is 0 Å². The van der Waals surface area contributed by atoms with Gasteiger partial charge in [-0.25, -0.2) is 9.97 Å². The first-order valence-corrected chi connectivity index (χ1v) is 9.08. The fourth-order valence-electron chi connectivity index (χ4n) is 3.42. The van der Waals surface area contributed by atoms with Gasteiger partial charge in [-0.2, -0.15) is 0 Å². The molecule has 126 valence electrons. The van der Waals surface area contributed by atoms with Crippen molar-refractivity contribution in [3.63, 3.8) is 0 Å². The van der Waals surface area contributed by atoms with Gasteiger partial charge in [0.15, 0.2) is 5.13 Å². The number of carbonyl (C=O) groups excluding carboxylic acids is 1. The van der Waals surface area contributed by atoms with Gasteiger partial charge in [0.05, 0.1) is 19.3 Å². The van der Waals surface area contributed by atoms with Crippen molar-refractivity contribution >= 4 is 22.4 Å². The summed E-state index contributed by atoms with van der Waals surface area (Å²) in [6, 6.07) is 3.89. The molecule has 0 radical (unpaired) electrons. The Morgan fingerprint density at radius 3 is 3.00 bits per heavy atom. The standard InChI is InChI=1S/C17H20N4O2S/c1-23-16-11(5-4-6-18-16)12-9-14(22)19-10-13-15(12)24-17(20-13)21-7-2-3-8-21/h4-6,12H,2-3,7-10H2,1H3,(H,19,22). The molecule has 2 aliphatic rings. The molecule has 4 heterocycles. The molecular weight excluding hydrogens is 324 g/mol. The summed E-state index contributed by atoms with van der Waals surface area (Å²) in [7, 11) is 1.62. The smallest absolute Gasteiger partial charge is 0.221 e. The molecule has 1 N–H and O–H groups in total. The lowest BCUT2D eigenvalue weighted by molar-refractivity contribution is -0.121. The van der Waals surface area contributed by atoms with Crippen LogP contribution in [0.2, 0.25) is 0 Å². The number of hydrogen-bond donors (Lipinski definition) is 1. The second-order valence-electron chi connectivity index (χ2n) is 6.14. The number of fused-ring (bicyclic) bond motifs is 1. The number of aromatic nitrogens is 2. The third-order valence-corrected chi connectivity index (χ3v) is 5.89. The lowest BCUT2D eigenvalue weighted by Gasteiger charge is -2.16. The van der Waals surface area contributed by atoms with Crippen LogP contribution in [0, 0.1) is 0 Å². The van der Waals surface area contributed by atoms with Gasteiger partial charge in [-0.3, -0.25) is 4.79 Å². The van der Waals surface area contributed by atoms with Crippen molar-refractivity contribution in [1.82, 2.24) is 15.3 Å². The van der Waals surface area contributed by atoms with Gasteiger partial charge in [0, 0.05) is 42.1 Å². The minimum Gasteiger partial charge on any atom is -0.481 e. The molecule has 6 nitrogen and oxygen atoms in total. The predicted octanol–water partition coefficient (Wildman–Crippen LogP) is 2.30. The van der Waals surface area contributed by atoms with Crippen molar-refractivity contribution in [2.45, 2.75) is 31.7 Å². The van der Waals surface area contributed by atoms with E-state index in [4.69, 9.17) is 9.72 Å². The summed E-state index contributed by atoms with van der Waals surface area (Å²) in [6.07, 6.45) is 4.56. The Bertz CT molecular complexity index is 755.